The van der Waals surface area contributed by atoms with Gasteiger partial charge < -0.3 is 15.4 Å². The molecule has 9 heteroatoms. The van der Waals surface area contributed by atoms with Gasteiger partial charge in [0.15, 0.2) is 0 Å². The zero-order valence-electron chi connectivity index (χ0n) is 16.3. The fourth-order valence-corrected chi connectivity index (χ4v) is 2.85. The molecule has 0 saturated carbocycles. The van der Waals surface area contributed by atoms with E-state index in [1.807, 2.05) is 0 Å². The molecule has 0 amide bonds. The lowest BCUT2D eigenvalue weighted by Crippen LogP contribution is -2.12. The molecule has 0 radical (unpaired) electrons. The Morgan fingerprint density at radius 3 is 2.37 bits per heavy atom. The number of rotatable bonds is 7. The number of anilines is 4. The Hall–Kier alpha value is -2.81. The summed E-state index contributed by atoms with van der Waals surface area (Å²) in [6, 6.07) is 13.9. The molecule has 0 bridgehead atoms. The van der Waals surface area contributed by atoms with Gasteiger partial charge in [-0.3, -0.25) is 0 Å². The van der Waals surface area contributed by atoms with Crippen LogP contribution in [0, 0.1) is 5.92 Å². The lowest BCUT2D eigenvalue weighted by Gasteiger charge is -2.15. The van der Waals surface area contributed by atoms with Gasteiger partial charge in [0, 0.05) is 16.4 Å². The minimum absolute atomic E-state index is 0.0356. The summed E-state index contributed by atoms with van der Waals surface area (Å²) in [5.74, 6) is 0.801. The van der Waals surface area contributed by atoms with E-state index in [0.717, 1.165) is 6.20 Å². The number of ether oxygens (including phenoxy) is 1. The van der Waals surface area contributed by atoms with Crippen LogP contribution in [0.25, 0.3) is 0 Å². The Kier molecular flexibility index (Phi) is 6.81. The summed E-state index contributed by atoms with van der Waals surface area (Å²) in [6.45, 7) is 4.70. The van der Waals surface area contributed by atoms with E-state index in [2.05, 4.69) is 50.4 Å². The molecule has 0 aliphatic carbocycles. The van der Waals surface area contributed by atoms with Gasteiger partial charge in [-0.1, -0.05) is 26.0 Å². The molecule has 158 valence electrons. The van der Waals surface area contributed by atoms with Gasteiger partial charge in [0.25, 0.3) is 0 Å². The van der Waals surface area contributed by atoms with Crippen molar-refractivity contribution in [2.24, 2.45) is 5.92 Å². The monoisotopic (exact) mass is 480 g/mol. The fraction of sp³-hybridized carbons (Fsp3) is 0.238. The maximum atomic E-state index is 13.4. The highest BCUT2D eigenvalue weighted by Crippen LogP contribution is 2.36. The predicted molar refractivity (Wildman–Crippen MR) is 115 cm³/mol. The molecule has 1 heterocycles. The molecule has 0 atom stereocenters. The molecular weight excluding hydrogens is 461 g/mol. The number of hydrogen-bond acceptors (Lipinski definition) is 5. The van der Waals surface area contributed by atoms with E-state index in [-0.39, 0.29) is 11.8 Å². The number of para-hydroxylation sites is 1. The molecule has 0 spiro atoms. The SMILES string of the molecule is CC(C)COc1ccc(Nc2ncc(C(F)(F)F)c(Nc3ccccc3Br)n2)cc1. The molecule has 0 aliphatic heterocycles. The maximum Gasteiger partial charge on any atom is 0.421 e. The van der Waals surface area contributed by atoms with E-state index in [1.54, 1.807) is 48.5 Å². The first-order chi connectivity index (χ1) is 14.2. The van der Waals surface area contributed by atoms with E-state index in [1.165, 1.54) is 0 Å². The van der Waals surface area contributed by atoms with Crippen LogP contribution in [0.4, 0.5) is 36.3 Å². The zero-order valence-corrected chi connectivity index (χ0v) is 17.9. The van der Waals surface area contributed by atoms with Crippen molar-refractivity contribution in [2.45, 2.75) is 20.0 Å². The molecule has 2 N–H and O–H groups in total. The smallest absolute Gasteiger partial charge is 0.421 e. The van der Waals surface area contributed by atoms with Crippen molar-refractivity contribution in [3.05, 3.63) is 64.8 Å². The number of hydrogen-bond donors (Lipinski definition) is 2. The van der Waals surface area contributed by atoms with Crippen molar-refractivity contribution >= 4 is 39.1 Å². The lowest BCUT2D eigenvalue weighted by atomic mass is 10.2. The number of nitrogens with zero attached hydrogens (tertiary/aromatic N) is 2. The van der Waals surface area contributed by atoms with E-state index in [0.29, 0.717) is 34.1 Å². The van der Waals surface area contributed by atoms with E-state index < -0.39 is 11.7 Å². The van der Waals surface area contributed by atoms with Gasteiger partial charge in [-0.15, -0.1) is 0 Å². The normalized spacial score (nSPS) is 11.4. The fourth-order valence-electron chi connectivity index (χ4n) is 2.46. The van der Waals surface area contributed by atoms with Crippen molar-refractivity contribution in [1.82, 2.24) is 9.97 Å². The van der Waals surface area contributed by atoms with Crippen LogP contribution in [-0.4, -0.2) is 16.6 Å². The molecule has 30 heavy (non-hydrogen) atoms. The van der Waals surface area contributed by atoms with Gasteiger partial charge in [0.05, 0.1) is 12.3 Å². The molecule has 1 aromatic heterocycles. The lowest BCUT2D eigenvalue weighted by molar-refractivity contribution is -0.137. The minimum Gasteiger partial charge on any atom is -0.493 e. The summed E-state index contributed by atoms with van der Waals surface area (Å²) in [4.78, 5) is 7.87. The van der Waals surface area contributed by atoms with Crippen LogP contribution in [0.1, 0.15) is 19.4 Å². The highest BCUT2D eigenvalue weighted by atomic mass is 79.9. The standard InChI is InChI=1S/C21H20BrF3N4O/c1-13(2)12-30-15-9-7-14(8-10-15)27-20-26-11-16(21(23,24)25)19(29-20)28-18-6-4-3-5-17(18)22/h3-11,13H,12H2,1-2H3,(H2,26,27,28,29). The highest BCUT2D eigenvalue weighted by Gasteiger charge is 2.35. The highest BCUT2D eigenvalue weighted by molar-refractivity contribution is 9.10. The van der Waals surface area contributed by atoms with Crippen molar-refractivity contribution < 1.29 is 17.9 Å². The van der Waals surface area contributed by atoms with E-state index in [9.17, 15) is 13.2 Å². The van der Waals surface area contributed by atoms with Crippen LogP contribution in [0.2, 0.25) is 0 Å². The first-order valence-corrected chi connectivity index (χ1v) is 9.97. The van der Waals surface area contributed by atoms with Gasteiger partial charge in [-0.25, -0.2) is 4.98 Å². The quantitative estimate of drug-likeness (QED) is 0.390. The van der Waals surface area contributed by atoms with Crippen LogP contribution in [0.5, 0.6) is 5.75 Å². The molecule has 5 nitrogen and oxygen atoms in total. The Labute approximate surface area is 180 Å². The third-order valence-corrected chi connectivity index (χ3v) is 4.61. The topological polar surface area (TPSA) is 59.1 Å². The molecular formula is C21H20BrF3N4O. The number of nitrogens with one attached hydrogen (secondary N) is 2. The molecule has 0 saturated heterocycles. The average molecular weight is 481 g/mol. The molecule has 3 aromatic rings. The van der Waals surface area contributed by atoms with Gasteiger partial charge in [0.2, 0.25) is 5.95 Å². The second-order valence-corrected chi connectivity index (χ2v) is 7.77. The first kappa shape index (κ1) is 21.9. The summed E-state index contributed by atoms with van der Waals surface area (Å²) in [6.07, 6.45) is -3.84. The summed E-state index contributed by atoms with van der Waals surface area (Å²) < 4.78 is 46.5. The van der Waals surface area contributed by atoms with Crippen LogP contribution in [0.3, 0.4) is 0 Å². The van der Waals surface area contributed by atoms with Crippen LogP contribution in [-0.2, 0) is 6.18 Å². The number of benzene rings is 2. The second kappa shape index (κ2) is 9.34. The van der Waals surface area contributed by atoms with E-state index in [4.69, 9.17) is 4.74 Å². The molecule has 0 unspecified atom stereocenters. The first-order valence-electron chi connectivity index (χ1n) is 9.18. The summed E-state index contributed by atoms with van der Waals surface area (Å²) >= 11 is 3.31. The number of halogens is 4. The minimum atomic E-state index is -4.60. The Bertz CT molecular complexity index is 994. The third kappa shape index (κ3) is 5.85. The molecule has 0 aliphatic rings. The third-order valence-electron chi connectivity index (χ3n) is 3.91. The second-order valence-electron chi connectivity index (χ2n) is 6.91. The molecule has 2 aromatic carbocycles. The van der Waals surface area contributed by atoms with Gasteiger partial charge in [-0.05, 0) is 58.2 Å². The van der Waals surface area contributed by atoms with Crippen molar-refractivity contribution in [3.8, 4) is 5.75 Å². The summed E-state index contributed by atoms with van der Waals surface area (Å²) in [5, 5.41) is 5.65. The Morgan fingerprint density at radius 1 is 1.03 bits per heavy atom. The van der Waals surface area contributed by atoms with Crippen molar-refractivity contribution in [1.29, 1.82) is 0 Å². The van der Waals surface area contributed by atoms with Crippen LogP contribution >= 0.6 is 15.9 Å². The van der Waals surface area contributed by atoms with Crippen molar-refractivity contribution in [2.75, 3.05) is 17.2 Å². The molecule has 0 fully saturated rings. The summed E-state index contributed by atoms with van der Waals surface area (Å²) in [7, 11) is 0. The zero-order chi connectivity index (χ0) is 21.7. The summed E-state index contributed by atoms with van der Waals surface area (Å²) in [5.41, 5.74) is 0.124. The van der Waals surface area contributed by atoms with Crippen LogP contribution in [0.15, 0.2) is 59.2 Å². The Balaban J connectivity index is 1.83. The van der Waals surface area contributed by atoms with Crippen molar-refractivity contribution in [3.63, 3.8) is 0 Å². The average Bonchev–Trinajstić information content (AvgIpc) is 2.68. The predicted octanol–water partition coefficient (Wildman–Crippen LogP) is 6.78. The van der Waals surface area contributed by atoms with Crippen LogP contribution < -0.4 is 15.4 Å². The van der Waals surface area contributed by atoms with Gasteiger partial charge in [0.1, 0.15) is 17.1 Å². The maximum absolute atomic E-state index is 13.4. The number of aromatic nitrogens is 2. The van der Waals surface area contributed by atoms with Gasteiger partial charge in [-0.2, -0.15) is 18.2 Å². The molecule has 3 rings (SSSR count). The van der Waals surface area contributed by atoms with Gasteiger partial charge >= 0.3 is 6.18 Å². The number of alkyl halides is 3. The Morgan fingerprint density at radius 2 is 1.73 bits per heavy atom. The largest absolute Gasteiger partial charge is 0.493 e. The van der Waals surface area contributed by atoms with E-state index >= 15 is 0 Å².